The average Bonchev–Trinajstić information content (AvgIpc) is 2.91. The van der Waals surface area contributed by atoms with E-state index in [0.717, 1.165) is 37.3 Å². The Morgan fingerprint density at radius 1 is 1.27 bits per heavy atom. The first-order valence-corrected chi connectivity index (χ1v) is 9.48. The van der Waals surface area contributed by atoms with Crippen molar-refractivity contribution in [3.8, 4) is 0 Å². The number of nitrogens with zero attached hydrogens (tertiary/aromatic N) is 4. The lowest BCUT2D eigenvalue weighted by Crippen LogP contribution is -2.42. The maximum absolute atomic E-state index is 5.88. The molecule has 1 aliphatic carbocycles. The van der Waals surface area contributed by atoms with Crippen LogP contribution in [0.25, 0.3) is 0 Å². The van der Waals surface area contributed by atoms with Crippen molar-refractivity contribution in [1.82, 2.24) is 14.3 Å². The summed E-state index contributed by atoms with van der Waals surface area (Å²) in [4.78, 5) is 9.97. The van der Waals surface area contributed by atoms with Crippen LogP contribution >= 0.6 is 11.5 Å². The van der Waals surface area contributed by atoms with Crippen LogP contribution in [0, 0.1) is 11.3 Å². The molecule has 0 bridgehead atoms. The van der Waals surface area contributed by atoms with Crippen molar-refractivity contribution in [2.45, 2.75) is 31.6 Å². The highest BCUT2D eigenvalue weighted by molar-refractivity contribution is 7.09. The van der Waals surface area contributed by atoms with E-state index < -0.39 is 0 Å². The molecule has 0 radical (unpaired) electrons. The van der Waals surface area contributed by atoms with Gasteiger partial charge < -0.3 is 14.5 Å². The summed E-state index contributed by atoms with van der Waals surface area (Å²) in [5.74, 6) is 2.43. The van der Waals surface area contributed by atoms with Crippen LogP contribution in [0.5, 0.6) is 0 Å². The molecule has 22 heavy (non-hydrogen) atoms. The quantitative estimate of drug-likeness (QED) is 0.848. The third kappa shape index (κ3) is 2.27. The van der Waals surface area contributed by atoms with Gasteiger partial charge >= 0.3 is 0 Å². The van der Waals surface area contributed by atoms with Gasteiger partial charge in [-0.2, -0.15) is 4.37 Å². The molecule has 120 valence electrons. The fraction of sp³-hybridized carbons (Fsp3) is 0.875. The van der Waals surface area contributed by atoms with E-state index in [9.17, 15) is 0 Å². The zero-order chi connectivity index (χ0) is 14.6. The van der Waals surface area contributed by atoms with Gasteiger partial charge in [0.2, 0.25) is 5.13 Å². The number of aromatic nitrogens is 2. The predicted octanol–water partition coefficient (Wildman–Crippen LogP) is 1.96. The number of likely N-dealkylation sites (tertiary alicyclic amines) is 1. The molecule has 6 heteroatoms. The van der Waals surface area contributed by atoms with E-state index >= 15 is 0 Å². The van der Waals surface area contributed by atoms with E-state index in [1.165, 1.54) is 45.3 Å². The highest BCUT2D eigenvalue weighted by Crippen LogP contribution is 2.45. The molecule has 4 fully saturated rings. The Kier molecular flexibility index (Phi) is 3.20. The fourth-order valence-corrected chi connectivity index (χ4v) is 5.20. The predicted molar refractivity (Wildman–Crippen MR) is 86.5 cm³/mol. The number of anilines is 1. The lowest BCUT2D eigenvalue weighted by Gasteiger charge is -2.31. The molecule has 1 saturated carbocycles. The standard InChI is InChI=1S/C16H24N4OS/c1-2-6-19(5-1)9-16-10-20(7-13(16)8-21-11-16)15-17-14(18-22-15)12-3-4-12/h12-13H,1-11H2/t13-,16+/m1/s1. The van der Waals surface area contributed by atoms with Gasteiger partial charge in [0.05, 0.1) is 13.2 Å². The van der Waals surface area contributed by atoms with Crippen LogP contribution in [0.3, 0.4) is 0 Å². The van der Waals surface area contributed by atoms with Crippen molar-refractivity contribution < 1.29 is 4.74 Å². The van der Waals surface area contributed by atoms with E-state index in [1.807, 2.05) is 0 Å². The van der Waals surface area contributed by atoms with Gasteiger partial charge in [0, 0.05) is 48.4 Å². The Balaban J connectivity index is 1.34. The molecule has 1 aromatic heterocycles. The van der Waals surface area contributed by atoms with Crippen molar-refractivity contribution in [1.29, 1.82) is 0 Å². The van der Waals surface area contributed by atoms with Gasteiger partial charge in [-0.05, 0) is 38.8 Å². The Bertz CT molecular complexity index is 554. The molecule has 1 aromatic rings. The summed E-state index contributed by atoms with van der Waals surface area (Å²) >= 11 is 1.61. The lowest BCUT2D eigenvalue weighted by molar-refractivity contribution is 0.126. The Morgan fingerprint density at radius 2 is 2.14 bits per heavy atom. The largest absolute Gasteiger partial charge is 0.380 e. The van der Waals surface area contributed by atoms with Crippen molar-refractivity contribution >= 4 is 16.7 Å². The third-order valence-corrected chi connectivity index (χ3v) is 6.69. The van der Waals surface area contributed by atoms with Crippen LogP contribution in [-0.2, 0) is 4.74 Å². The minimum absolute atomic E-state index is 0.329. The minimum atomic E-state index is 0.329. The van der Waals surface area contributed by atoms with E-state index in [1.54, 1.807) is 11.5 Å². The number of fused-ring (bicyclic) bond motifs is 1. The second-order valence-corrected chi connectivity index (χ2v) is 8.38. The normalized spacial score (nSPS) is 35.5. The van der Waals surface area contributed by atoms with Gasteiger partial charge in [-0.15, -0.1) is 0 Å². The SMILES string of the molecule is C1CCN(C[C@]23COC[C@H]2CN(c2nc(C4CC4)ns2)C3)C1. The summed E-state index contributed by atoms with van der Waals surface area (Å²) in [5, 5.41) is 1.15. The summed E-state index contributed by atoms with van der Waals surface area (Å²) < 4.78 is 10.5. The molecule has 0 aromatic carbocycles. The van der Waals surface area contributed by atoms with Gasteiger partial charge in [-0.3, -0.25) is 0 Å². The number of ether oxygens (including phenoxy) is 1. The Morgan fingerprint density at radius 3 is 2.95 bits per heavy atom. The summed E-state index contributed by atoms with van der Waals surface area (Å²) in [6, 6.07) is 0. The first-order chi connectivity index (χ1) is 10.8. The van der Waals surface area contributed by atoms with Crippen molar-refractivity contribution in [2.24, 2.45) is 11.3 Å². The molecule has 3 aliphatic heterocycles. The third-order valence-electron chi connectivity index (χ3n) is 5.90. The van der Waals surface area contributed by atoms with E-state index in [0.29, 0.717) is 17.3 Å². The number of hydrogen-bond donors (Lipinski definition) is 0. The van der Waals surface area contributed by atoms with E-state index in [-0.39, 0.29) is 0 Å². The highest BCUT2D eigenvalue weighted by Gasteiger charge is 2.52. The van der Waals surface area contributed by atoms with Gasteiger partial charge in [-0.25, -0.2) is 4.98 Å². The summed E-state index contributed by atoms with van der Waals surface area (Å²) in [6.45, 7) is 7.83. The Hall–Kier alpha value is -0.720. The van der Waals surface area contributed by atoms with Crippen molar-refractivity contribution in [3.63, 3.8) is 0 Å². The second-order valence-electron chi connectivity index (χ2n) is 7.65. The summed E-state index contributed by atoms with van der Waals surface area (Å²) in [5.41, 5.74) is 0.329. The molecule has 3 saturated heterocycles. The van der Waals surface area contributed by atoms with Crippen molar-refractivity contribution in [2.75, 3.05) is 50.8 Å². The maximum Gasteiger partial charge on any atom is 0.205 e. The molecule has 5 rings (SSSR count). The molecular weight excluding hydrogens is 296 g/mol. The molecule has 4 heterocycles. The van der Waals surface area contributed by atoms with E-state index in [4.69, 9.17) is 9.72 Å². The first-order valence-electron chi connectivity index (χ1n) is 8.71. The van der Waals surface area contributed by atoms with Crippen LogP contribution < -0.4 is 4.90 Å². The first kappa shape index (κ1) is 13.7. The van der Waals surface area contributed by atoms with Gasteiger partial charge in [0.15, 0.2) is 0 Å². The smallest absolute Gasteiger partial charge is 0.205 e. The molecule has 2 atom stereocenters. The van der Waals surface area contributed by atoms with E-state index in [2.05, 4.69) is 14.2 Å². The summed E-state index contributed by atoms with van der Waals surface area (Å²) in [6.07, 6.45) is 5.30. The molecule has 0 unspecified atom stereocenters. The molecular formula is C16H24N4OS. The van der Waals surface area contributed by atoms with Crippen LogP contribution in [-0.4, -0.2) is 60.2 Å². The van der Waals surface area contributed by atoms with Crippen LogP contribution in [0.2, 0.25) is 0 Å². The number of hydrogen-bond acceptors (Lipinski definition) is 6. The fourth-order valence-electron chi connectivity index (χ4n) is 4.45. The monoisotopic (exact) mass is 320 g/mol. The molecule has 0 N–H and O–H groups in total. The molecule has 0 spiro atoms. The Labute approximate surface area is 135 Å². The maximum atomic E-state index is 5.88. The second kappa shape index (κ2) is 5.14. The lowest BCUT2D eigenvalue weighted by atomic mass is 9.80. The highest BCUT2D eigenvalue weighted by atomic mass is 32.1. The van der Waals surface area contributed by atoms with Gasteiger partial charge in [-0.1, -0.05) is 0 Å². The van der Waals surface area contributed by atoms with Crippen LogP contribution in [0.15, 0.2) is 0 Å². The molecule has 5 nitrogen and oxygen atoms in total. The van der Waals surface area contributed by atoms with Gasteiger partial charge in [0.25, 0.3) is 0 Å². The zero-order valence-electron chi connectivity index (χ0n) is 13.0. The number of rotatable bonds is 4. The van der Waals surface area contributed by atoms with Crippen molar-refractivity contribution in [3.05, 3.63) is 5.82 Å². The zero-order valence-corrected chi connectivity index (χ0v) is 13.9. The van der Waals surface area contributed by atoms with Crippen LogP contribution in [0.1, 0.15) is 37.4 Å². The van der Waals surface area contributed by atoms with Crippen LogP contribution in [0.4, 0.5) is 5.13 Å². The summed E-state index contributed by atoms with van der Waals surface area (Å²) in [7, 11) is 0. The minimum Gasteiger partial charge on any atom is -0.380 e. The topological polar surface area (TPSA) is 41.5 Å². The van der Waals surface area contributed by atoms with Gasteiger partial charge in [0.1, 0.15) is 5.82 Å². The average molecular weight is 320 g/mol. The molecule has 4 aliphatic rings. The molecule has 0 amide bonds.